The van der Waals surface area contributed by atoms with E-state index in [1.54, 1.807) is 0 Å². The number of halogens is 6. The number of nitrogens with zero attached hydrogens (tertiary/aromatic N) is 4. The van der Waals surface area contributed by atoms with Crippen LogP contribution in [0.4, 0.5) is 49.4 Å². The minimum atomic E-state index is -4.97. The molecule has 9 nitrogen and oxygen atoms in total. The number of anilines is 4. The van der Waals surface area contributed by atoms with Crippen LogP contribution in [-0.2, 0) is 0 Å². The number of alkyl halides is 6. The van der Waals surface area contributed by atoms with Crippen molar-refractivity contribution in [3.63, 3.8) is 0 Å². The maximum atomic E-state index is 12.7. The zero-order valence-electron chi connectivity index (χ0n) is 15.9. The van der Waals surface area contributed by atoms with E-state index in [-0.39, 0.29) is 34.3 Å². The van der Waals surface area contributed by atoms with Gasteiger partial charge in [-0.25, -0.2) is 14.6 Å². The lowest BCUT2D eigenvalue weighted by atomic mass is 10.2. The van der Waals surface area contributed by atoms with Gasteiger partial charge in [0.15, 0.2) is 23.1 Å². The SMILES string of the molecule is FC(F)(F)Oc1ccccc1Nc1nc2nonc2nc1Nc1ccccc1OC(F)(F)F. The second kappa shape index (κ2) is 8.33. The first kappa shape index (κ1) is 21.9. The Morgan fingerprint density at radius 1 is 0.636 bits per heavy atom. The van der Waals surface area contributed by atoms with Gasteiger partial charge in [-0.1, -0.05) is 24.3 Å². The lowest BCUT2D eigenvalue weighted by molar-refractivity contribution is -0.275. The predicted molar refractivity (Wildman–Crippen MR) is 100 cm³/mol. The molecule has 0 atom stereocenters. The quantitative estimate of drug-likeness (QED) is 0.362. The zero-order chi connectivity index (χ0) is 23.6. The third-order valence-corrected chi connectivity index (χ3v) is 3.85. The highest BCUT2D eigenvalue weighted by atomic mass is 19.4. The molecule has 2 heterocycles. The van der Waals surface area contributed by atoms with Crippen molar-refractivity contribution in [3.05, 3.63) is 48.5 Å². The van der Waals surface area contributed by atoms with Crippen LogP contribution in [0.15, 0.2) is 53.2 Å². The van der Waals surface area contributed by atoms with E-state index < -0.39 is 24.2 Å². The summed E-state index contributed by atoms with van der Waals surface area (Å²) in [5, 5.41) is 12.2. The van der Waals surface area contributed by atoms with Crippen LogP contribution in [0.3, 0.4) is 0 Å². The number of fused-ring (bicyclic) bond motifs is 1. The Morgan fingerprint density at radius 3 is 1.42 bits per heavy atom. The number of hydrogen-bond donors (Lipinski definition) is 2. The summed E-state index contributed by atoms with van der Waals surface area (Å²) in [6.07, 6.45) is -9.95. The molecule has 2 aromatic heterocycles. The molecule has 0 fully saturated rings. The van der Waals surface area contributed by atoms with Crippen LogP contribution in [0, 0.1) is 0 Å². The minimum absolute atomic E-state index is 0.114. The van der Waals surface area contributed by atoms with Crippen LogP contribution in [0.5, 0.6) is 11.5 Å². The highest BCUT2D eigenvalue weighted by molar-refractivity contribution is 5.81. The van der Waals surface area contributed by atoms with Crippen molar-refractivity contribution in [1.29, 1.82) is 0 Å². The fraction of sp³-hybridized carbons (Fsp3) is 0.111. The maximum absolute atomic E-state index is 12.7. The smallest absolute Gasteiger partial charge is 0.404 e. The molecule has 33 heavy (non-hydrogen) atoms. The molecule has 0 spiro atoms. The van der Waals surface area contributed by atoms with E-state index >= 15 is 0 Å². The minimum Gasteiger partial charge on any atom is -0.404 e. The summed E-state index contributed by atoms with van der Waals surface area (Å²) in [4.78, 5) is 8.13. The number of aromatic nitrogens is 4. The van der Waals surface area contributed by atoms with Gasteiger partial charge in [0.2, 0.25) is 11.3 Å². The summed E-state index contributed by atoms with van der Waals surface area (Å²) < 4.78 is 89.0. The fourth-order valence-corrected chi connectivity index (χ4v) is 2.63. The van der Waals surface area contributed by atoms with Gasteiger partial charge in [0.1, 0.15) is 0 Å². The Labute approximate surface area is 179 Å². The van der Waals surface area contributed by atoms with Crippen molar-refractivity contribution < 1.29 is 40.4 Å². The molecule has 0 saturated carbocycles. The first-order chi connectivity index (χ1) is 15.6. The molecule has 4 rings (SSSR count). The summed E-state index contributed by atoms with van der Waals surface area (Å²) in [6, 6.07) is 10.1. The molecule has 0 bridgehead atoms. The molecule has 4 aromatic rings. The molecule has 172 valence electrons. The molecule has 0 radical (unpaired) electrons. The van der Waals surface area contributed by atoms with E-state index in [0.717, 1.165) is 12.1 Å². The highest BCUT2D eigenvalue weighted by Gasteiger charge is 2.33. The van der Waals surface area contributed by atoms with Crippen molar-refractivity contribution >= 4 is 34.3 Å². The number of benzene rings is 2. The summed E-state index contributed by atoms with van der Waals surface area (Å²) in [5.41, 5.74) is -0.556. The number of para-hydroxylation sites is 4. The highest BCUT2D eigenvalue weighted by Crippen LogP contribution is 2.36. The summed E-state index contributed by atoms with van der Waals surface area (Å²) in [6.45, 7) is 0. The van der Waals surface area contributed by atoms with E-state index in [2.05, 4.69) is 45.0 Å². The number of rotatable bonds is 6. The van der Waals surface area contributed by atoms with Crippen LogP contribution >= 0.6 is 0 Å². The third kappa shape index (κ3) is 5.50. The lowest BCUT2D eigenvalue weighted by Crippen LogP contribution is -2.18. The molecule has 0 aliphatic carbocycles. The fourth-order valence-electron chi connectivity index (χ4n) is 2.63. The van der Waals surface area contributed by atoms with Crippen LogP contribution in [0.1, 0.15) is 0 Å². The van der Waals surface area contributed by atoms with Crippen LogP contribution in [-0.4, -0.2) is 33.0 Å². The van der Waals surface area contributed by atoms with Gasteiger partial charge in [-0.3, -0.25) is 0 Å². The Hall–Kier alpha value is -4.30. The molecule has 15 heteroatoms. The monoisotopic (exact) mass is 472 g/mol. The second-order valence-corrected chi connectivity index (χ2v) is 6.17. The van der Waals surface area contributed by atoms with Crippen molar-refractivity contribution in [2.45, 2.75) is 12.7 Å². The van der Waals surface area contributed by atoms with Crippen molar-refractivity contribution in [3.8, 4) is 11.5 Å². The average molecular weight is 472 g/mol. The Balaban J connectivity index is 1.73. The van der Waals surface area contributed by atoms with E-state index in [1.807, 2.05) is 0 Å². The van der Waals surface area contributed by atoms with Gasteiger partial charge in [0, 0.05) is 0 Å². The van der Waals surface area contributed by atoms with Gasteiger partial charge in [-0.05, 0) is 34.6 Å². The largest absolute Gasteiger partial charge is 0.573 e. The van der Waals surface area contributed by atoms with E-state index in [1.165, 1.54) is 36.4 Å². The number of nitrogens with one attached hydrogen (secondary N) is 2. The molecule has 2 aromatic carbocycles. The van der Waals surface area contributed by atoms with Gasteiger partial charge >= 0.3 is 12.7 Å². The first-order valence-electron chi connectivity index (χ1n) is 8.81. The predicted octanol–water partition coefficient (Wildman–Crippen LogP) is 5.30. The topological polar surface area (TPSA) is 107 Å². The van der Waals surface area contributed by atoms with E-state index in [9.17, 15) is 26.3 Å². The van der Waals surface area contributed by atoms with E-state index in [0.29, 0.717) is 0 Å². The van der Waals surface area contributed by atoms with Crippen LogP contribution in [0.2, 0.25) is 0 Å². The molecule has 0 aliphatic heterocycles. The van der Waals surface area contributed by atoms with Gasteiger partial charge in [0.25, 0.3) is 0 Å². The first-order valence-corrected chi connectivity index (χ1v) is 8.81. The van der Waals surface area contributed by atoms with E-state index in [4.69, 9.17) is 0 Å². The normalized spacial score (nSPS) is 11.9. The summed E-state index contributed by atoms with van der Waals surface area (Å²) in [7, 11) is 0. The van der Waals surface area contributed by atoms with Crippen molar-refractivity contribution in [1.82, 2.24) is 20.3 Å². The Morgan fingerprint density at radius 2 is 1.03 bits per heavy atom. The summed E-state index contributed by atoms with van der Waals surface area (Å²) >= 11 is 0. The molecule has 2 N–H and O–H groups in total. The van der Waals surface area contributed by atoms with Crippen LogP contribution in [0.25, 0.3) is 11.3 Å². The third-order valence-electron chi connectivity index (χ3n) is 3.85. The molecular formula is C18H10F6N6O3. The zero-order valence-corrected chi connectivity index (χ0v) is 15.9. The van der Waals surface area contributed by atoms with Crippen molar-refractivity contribution in [2.75, 3.05) is 10.6 Å². The molecular weight excluding hydrogens is 462 g/mol. The van der Waals surface area contributed by atoms with Crippen LogP contribution < -0.4 is 20.1 Å². The number of ether oxygens (including phenoxy) is 2. The maximum Gasteiger partial charge on any atom is 0.573 e. The van der Waals surface area contributed by atoms with Gasteiger partial charge in [0.05, 0.1) is 11.4 Å². The lowest BCUT2D eigenvalue weighted by Gasteiger charge is -2.17. The van der Waals surface area contributed by atoms with Gasteiger partial charge in [-0.15, -0.1) is 26.3 Å². The molecule has 0 aliphatic rings. The Bertz CT molecular complexity index is 1180. The van der Waals surface area contributed by atoms with Gasteiger partial charge < -0.3 is 20.1 Å². The molecule has 0 saturated heterocycles. The molecule has 0 amide bonds. The average Bonchev–Trinajstić information content (AvgIpc) is 3.16. The Kier molecular flexibility index (Phi) is 5.53. The second-order valence-electron chi connectivity index (χ2n) is 6.17. The number of hydrogen-bond acceptors (Lipinski definition) is 9. The summed E-state index contributed by atoms with van der Waals surface area (Å²) in [5.74, 6) is -1.59. The molecule has 0 unspecified atom stereocenters. The van der Waals surface area contributed by atoms with Gasteiger partial charge in [-0.2, -0.15) is 0 Å². The van der Waals surface area contributed by atoms with Crippen molar-refractivity contribution in [2.24, 2.45) is 0 Å². The standard InChI is InChI=1S/C18H10F6N6O3/c19-17(20,21)31-11-7-3-1-5-9(11)25-13-14(28-16-15(27-13)29-33-30-16)26-10-6-2-4-8-12(10)32-18(22,23)24/h1-8H,(H,25,27,29)(H,26,28,30).